The number of aryl methyl sites for hydroxylation is 1. The number of amides is 1. The summed E-state index contributed by atoms with van der Waals surface area (Å²) in [4.78, 5) is 13.4. The van der Waals surface area contributed by atoms with Gasteiger partial charge < -0.3 is 9.64 Å². The molecule has 98 valence electrons. The van der Waals surface area contributed by atoms with Crippen LogP contribution in [0.1, 0.15) is 18.4 Å². The molecule has 0 aromatic heterocycles. The van der Waals surface area contributed by atoms with Crippen LogP contribution in [0.15, 0.2) is 24.3 Å². The summed E-state index contributed by atoms with van der Waals surface area (Å²) in [5, 5.41) is -0.00140. The van der Waals surface area contributed by atoms with Crippen LogP contribution < -0.4 is 4.74 Å². The maximum absolute atomic E-state index is 11.5. The molecule has 1 heterocycles. The molecule has 0 bridgehead atoms. The smallest absolute Gasteiger partial charge is 0.224 e. The molecule has 18 heavy (non-hydrogen) atoms. The average molecular weight is 268 g/mol. The van der Waals surface area contributed by atoms with Gasteiger partial charge in [-0.15, -0.1) is 11.6 Å². The number of ether oxygens (including phenoxy) is 1. The lowest BCUT2D eigenvalue weighted by Crippen LogP contribution is -2.26. The fraction of sp³-hybridized carbons (Fsp3) is 0.500. The highest BCUT2D eigenvalue weighted by Crippen LogP contribution is 2.17. The molecule has 0 spiro atoms. The lowest BCUT2D eigenvalue weighted by Gasteiger charge is -2.15. The maximum Gasteiger partial charge on any atom is 0.224 e. The Morgan fingerprint density at radius 1 is 1.39 bits per heavy atom. The third-order valence-corrected chi connectivity index (χ3v) is 3.51. The minimum atomic E-state index is -0.00140. The van der Waals surface area contributed by atoms with Crippen molar-refractivity contribution in [1.29, 1.82) is 0 Å². The van der Waals surface area contributed by atoms with Crippen LogP contribution in [0.3, 0.4) is 0 Å². The molecule has 1 aliphatic rings. The van der Waals surface area contributed by atoms with Gasteiger partial charge in [0.15, 0.2) is 0 Å². The maximum atomic E-state index is 11.5. The first-order valence-electron chi connectivity index (χ1n) is 6.24. The van der Waals surface area contributed by atoms with E-state index in [0.29, 0.717) is 13.0 Å². The van der Waals surface area contributed by atoms with Gasteiger partial charge in [-0.25, -0.2) is 0 Å². The number of alkyl halides is 1. The summed E-state index contributed by atoms with van der Waals surface area (Å²) in [5.74, 6) is 1.06. The van der Waals surface area contributed by atoms with E-state index in [-0.39, 0.29) is 11.3 Å². The Morgan fingerprint density at radius 3 is 2.67 bits per heavy atom. The van der Waals surface area contributed by atoms with Gasteiger partial charge in [0.25, 0.3) is 0 Å². The first kappa shape index (κ1) is 13.2. The van der Waals surface area contributed by atoms with E-state index in [0.717, 1.165) is 25.1 Å². The van der Waals surface area contributed by atoms with Gasteiger partial charge in [0, 0.05) is 19.5 Å². The predicted molar refractivity (Wildman–Crippen MR) is 72.2 cm³/mol. The Balaban J connectivity index is 1.76. The molecule has 1 atom stereocenters. The summed E-state index contributed by atoms with van der Waals surface area (Å²) in [6.07, 6.45) is 2.44. The summed E-state index contributed by atoms with van der Waals surface area (Å²) < 4.78 is 5.11. The molecule has 0 N–H and O–H groups in total. The number of benzene rings is 1. The van der Waals surface area contributed by atoms with E-state index in [1.54, 1.807) is 7.11 Å². The minimum Gasteiger partial charge on any atom is -0.497 e. The van der Waals surface area contributed by atoms with Crippen LogP contribution in [-0.4, -0.2) is 36.4 Å². The topological polar surface area (TPSA) is 29.5 Å². The average Bonchev–Trinajstić information content (AvgIpc) is 2.69. The van der Waals surface area contributed by atoms with Gasteiger partial charge >= 0.3 is 0 Å². The SMILES string of the molecule is COc1ccc(CCCN2CC(Cl)CC2=O)cc1. The Kier molecular flexibility index (Phi) is 4.48. The molecule has 0 saturated carbocycles. The van der Waals surface area contributed by atoms with Crippen LogP contribution >= 0.6 is 11.6 Å². The van der Waals surface area contributed by atoms with Gasteiger partial charge in [0.2, 0.25) is 5.91 Å². The van der Waals surface area contributed by atoms with Crippen molar-refractivity contribution in [1.82, 2.24) is 4.90 Å². The van der Waals surface area contributed by atoms with Crippen molar-refractivity contribution in [2.75, 3.05) is 20.2 Å². The molecule has 3 nitrogen and oxygen atoms in total. The number of hydrogen-bond acceptors (Lipinski definition) is 2. The van der Waals surface area contributed by atoms with Crippen molar-refractivity contribution in [3.05, 3.63) is 29.8 Å². The van der Waals surface area contributed by atoms with Crippen molar-refractivity contribution in [3.8, 4) is 5.75 Å². The number of carbonyl (C=O) groups excluding carboxylic acids is 1. The van der Waals surface area contributed by atoms with Gasteiger partial charge in [0.05, 0.1) is 12.5 Å². The summed E-state index contributed by atoms with van der Waals surface area (Å²) in [6, 6.07) is 8.06. The third kappa shape index (κ3) is 3.39. The van der Waals surface area contributed by atoms with Crippen molar-refractivity contribution in [2.45, 2.75) is 24.6 Å². The molecule has 2 rings (SSSR count). The number of nitrogens with zero attached hydrogens (tertiary/aromatic N) is 1. The van der Waals surface area contributed by atoms with Gasteiger partial charge in [-0.05, 0) is 30.5 Å². The van der Waals surface area contributed by atoms with Crippen LogP contribution in [0.25, 0.3) is 0 Å². The zero-order chi connectivity index (χ0) is 13.0. The summed E-state index contributed by atoms with van der Waals surface area (Å²) in [6.45, 7) is 1.50. The van der Waals surface area contributed by atoms with Crippen LogP contribution in [0.4, 0.5) is 0 Å². The van der Waals surface area contributed by atoms with E-state index in [2.05, 4.69) is 12.1 Å². The lowest BCUT2D eigenvalue weighted by molar-refractivity contribution is -0.127. The lowest BCUT2D eigenvalue weighted by atomic mass is 10.1. The molecule has 0 radical (unpaired) electrons. The van der Waals surface area contributed by atoms with E-state index < -0.39 is 0 Å². The highest BCUT2D eigenvalue weighted by atomic mass is 35.5. The summed E-state index contributed by atoms with van der Waals surface area (Å²) in [5.41, 5.74) is 1.27. The van der Waals surface area contributed by atoms with Crippen molar-refractivity contribution in [2.24, 2.45) is 0 Å². The van der Waals surface area contributed by atoms with Crippen LogP contribution in [0.2, 0.25) is 0 Å². The Morgan fingerprint density at radius 2 is 2.11 bits per heavy atom. The van der Waals surface area contributed by atoms with Crippen molar-refractivity contribution in [3.63, 3.8) is 0 Å². The molecule has 1 unspecified atom stereocenters. The van der Waals surface area contributed by atoms with Crippen LogP contribution in [0.5, 0.6) is 5.75 Å². The van der Waals surface area contributed by atoms with E-state index in [9.17, 15) is 4.79 Å². The highest BCUT2D eigenvalue weighted by Gasteiger charge is 2.27. The minimum absolute atomic E-state index is 0.00140. The molecule has 4 heteroatoms. The van der Waals surface area contributed by atoms with Crippen molar-refractivity contribution < 1.29 is 9.53 Å². The van der Waals surface area contributed by atoms with Crippen LogP contribution in [-0.2, 0) is 11.2 Å². The first-order chi connectivity index (χ1) is 8.69. The molecule has 1 aromatic carbocycles. The normalized spacial score (nSPS) is 19.3. The molecule has 1 fully saturated rings. The van der Waals surface area contributed by atoms with Gasteiger partial charge in [-0.1, -0.05) is 12.1 Å². The second-order valence-electron chi connectivity index (χ2n) is 4.59. The fourth-order valence-electron chi connectivity index (χ4n) is 2.21. The Labute approximate surface area is 113 Å². The molecule has 0 aliphatic carbocycles. The number of hydrogen-bond donors (Lipinski definition) is 0. The third-order valence-electron chi connectivity index (χ3n) is 3.22. The largest absolute Gasteiger partial charge is 0.497 e. The fourth-order valence-corrected chi connectivity index (χ4v) is 2.50. The van der Waals surface area contributed by atoms with E-state index in [1.165, 1.54) is 5.56 Å². The zero-order valence-electron chi connectivity index (χ0n) is 10.6. The molecule has 1 amide bonds. The molecular weight excluding hydrogens is 250 g/mol. The van der Waals surface area contributed by atoms with Gasteiger partial charge in [0.1, 0.15) is 5.75 Å². The second-order valence-corrected chi connectivity index (χ2v) is 5.21. The standard InChI is InChI=1S/C14H18ClNO2/c1-18-13-6-4-11(5-7-13)3-2-8-16-10-12(15)9-14(16)17/h4-7,12H,2-3,8-10H2,1H3. The van der Waals surface area contributed by atoms with Crippen LogP contribution in [0, 0.1) is 0 Å². The number of carbonyl (C=O) groups is 1. The first-order valence-corrected chi connectivity index (χ1v) is 6.67. The molecule has 1 saturated heterocycles. The predicted octanol–water partition coefficient (Wildman–Crippen LogP) is 2.47. The number of methoxy groups -OCH3 is 1. The van der Waals surface area contributed by atoms with Gasteiger partial charge in [-0.3, -0.25) is 4.79 Å². The highest BCUT2D eigenvalue weighted by molar-refractivity contribution is 6.22. The number of likely N-dealkylation sites (tertiary alicyclic amines) is 1. The monoisotopic (exact) mass is 267 g/mol. The van der Waals surface area contributed by atoms with E-state index in [1.807, 2.05) is 17.0 Å². The quantitative estimate of drug-likeness (QED) is 0.767. The van der Waals surface area contributed by atoms with Gasteiger partial charge in [-0.2, -0.15) is 0 Å². The van der Waals surface area contributed by atoms with E-state index >= 15 is 0 Å². The van der Waals surface area contributed by atoms with E-state index in [4.69, 9.17) is 16.3 Å². The molecular formula is C14H18ClNO2. The number of halogens is 1. The summed E-state index contributed by atoms with van der Waals surface area (Å²) >= 11 is 5.95. The Bertz CT molecular complexity index is 405. The zero-order valence-corrected chi connectivity index (χ0v) is 11.3. The molecule has 1 aromatic rings. The molecule has 1 aliphatic heterocycles. The van der Waals surface area contributed by atoms with Crippen molar-refractivity contribution >= 4 is 17.5 Å². The number of rotatable bonds is 5. The second kappa shape index (κ2) is 6.10. The summed E-state index contributed by atoms with van der Waals surface area (Å²) in [7, 11) is 1.66. The Hall–Kier alpha value is -1.22.